The lowest BCUT2D eigenvalue weighted by atomic mass is 9.74. The van der Waals surface area contributed by atoms with E-state index in [9.17, 15) is 4.39 Å². The van der Waals surface area contributed by atoms with Crippen LogP contribution in [0.3, 0.4) is 0 Å². The quantitative estimate of drug-likeness (QED) is 0.583. The van der Waals surface area contributed by atoms with E-state index in [0.717, 1.165) is 25.2 Å². The van der Waals surface area contributed by atoms with Crippen molar-refractivity contribution in [3.63, 3.8) is 0 Å². The molecule has 2 unspecified atom stereocenters. The monoisotopic (exact) mass is 373 g/mol. The second-order valence-electron chi connectivity index (χ2n) is 8.10. The highest BCUT2D eigenvalue weighted by Crippen LogP contribution is 2.42. The average molecular weight is 374 g/mol. The fraction of sp³-hybridized carbons (Fsp3) is 0.696. The van der Waals surface area contributed by atoms with Crippen molar-refractivity contribution in [2.24, 2.45) is 11.8 Å². The van der Waals surface area contributed by atoms with E-state index in [-0.39, 0.29) is 5.56 Å². The van der Waals surface area contributed by atoms with Gasteiger partial charge in [-0.05, 0) is 36.8 Å². The van der Waals surface area contributed by atoms with Crippen LogP contribution in [0.1, 0.15) is 82.3 Å². The molecule has 148 valence electrons. The highest BCUT2D eigenvalue weighted by Gasteiger charge is 2.38. The minimum Gasteiger partial charge on any atom is -0.346 e. The number of unbranched alkanes of at least 4 members (excludes halogenated alkanes) is 1. The van der Waals surface area contributed by atoms with E-state index in [1.54, 1.807) is 12.1 Å². The van der Waals surface area contributed by atoms with Gasteiger partial charge in [-0.3, -0.25) is 0 Å². The zero-order valence-corrected chi connectivity index (χ0v) is 16.5. The Bertz CT molecular complexity index is 648. The summed E-state index contributed by atoms with van der Waals surface area (Å²) < 4.78 is 26.5. The highest BCUT2D eigenvalue weighted by atomic mass is 19.1. The summed E-state index contributed by atoms with van der Waals surface area (Å²) in [7, 11) is 0. The molecule has 0 N–H and O–H groups in total. The van der Waals surface area contributed by atoms with Crippen LogP contribution in [0.4, 0.5) is 4.39 Å². The zero-order chi connectivity index (χ0) is 19.1. The van der Waals surface area contributed by atoms with Crippen molar-refractivity contribution in [3.05, 3.63) is 35.1 Å². The van der Waals surface area contributed by atoms with Gasteiger partial charge in [0.2, 0.25) is 0 Å². The van der Waals surface area contributed by atoms with Crippen LogP contribution in [0.25, 0.3) is 0 Å². The topological polar surface area (TPSA) is 42.2 Å². The first-order valence-corrected chi connectivity index (χ1v) is 10.7. The Morgan fingerprint density at radius 3 is 2.44 bits per heavy atom. The Kier molecular flexibility index (Phi) is 7.26. The molecular formula is C23H32FNO2. The van der Waals surface area contributed by atoms with E-state index in [4.69, 9.17) is 14.7 Å². The van der Waals surface area contributed by atoms with E-state index >= 15 is 0 Å². The summed E-state index contributed by atoms with van der Waals surface area (Å²) in [4.78, 5) is 0. The molecule has 1 saturated carbocycles. The van der Waals surface area contributed by atoms with Gasteiger partial charge in [-0.25, -0.2) is 4.39 Å². The van der Waals surface area contributed by atoms with Gasteiger partial charge in [-0.2, -0.15) is 5.26 Å². The summed E-state index contributed by atoms with van der Waals surface area (Å²) in [5.41, 5.74) is 0.774. The van der Waals surface area contributed by atoms with E-state index in [2.05, 4.69) is 6.92 Å². The molecule has 27 heavy (non-hydrogen) atoms. The number of hydrogen-bond donors (Lipinski definition) is 0. The molecule has 0 spiro atoms. The number of rotatable bonds is 7. The van der Waals surface area contributed by atoms with E-state index in [1.165, 1.54) is 51.0 Å². The van der Waals surface area contributed by atoms with Crippen LogP contribution in [-0.4, -0.2) is 13.2 Å². The number of halogens is 1. The molecule has 1 aliphatic carbocycles. The summed E-state index contributed by atoms with van der Waals surface area (Å²) in [5.74, 6) is 0.155. The predicted molar refractivity (Wildman–Crippen MR) is 104 cm³/mol. The third-order valence-electron chi connectivity index (χ3n) is 6.33. The lowest BCUT2D eigenvalue weighted by Gasteiger charge is -2.40. The van der Waals surface area contributed by atoms with E-state index < -0.39 is 11.6 Å². The SMILES string of the molecule is CCCCC1CCCCC1CCC1(c2ccc(C#N)c(F)c2)OCCCO1. The molecule has 2 fully saturated rings. The first-order chi connectivity index (χ1) is 13.2. The molecule has 0 bridgehead atoms. The van der Waals surface area contributed by atoms with Gasteiger partial charge in [0.15, 0.2) is 5.79 Å². The molecule has 0 aromatic heterocycles. The Morgan fingerprint density at radius 1 is 1.11 bits per heavy atom. The van der Waals surface area contributed by atoms with Gasteiger partial charge >= 0.3 is 0 Å². The number of hydrogen-bond acceptors (Lipinski definition) is 3. The third-order valence-corrected chi connectivity index (χ3v) is 6.33. The Morgan fingerprint density at radius 2 is 1.81 bits per heavy atom. The van der Waals surface area contributed by atoms with Crippen molar-refractivity contribution in [1.29, 1.82) is 5.26 Å². The van der Waals surface area contributed by atoms with Crippen LogP contribution >= 0.6 is 0 Å². The second kappa shape index (κ2) is 9.66. The maximum absolute atomic E-state index is 14.2. The first-order valence-electron chi connectivity index (χ1n) is 10.7. The maximum atomic E-state index is 14.2. The van der Waals surface area contributed by atoms with Crippen molar-refractivity contribution < 1.29 is 13.9 Å². The smallest absolute Gasteiger partial charge is 0.194 e. The van der Waals surface area contributed by atoms with Gasteiger partial charge in [0.05, 0.1) is 18.8 Å². The number of nitriles is 1. The molecule has 3 rings (SSSR count). The Labute approximate surface area is 162 Å². The average Bonchev–Trinajstić information content (AvgIpc) is 2.72. The number of ether oxygens (including phenoxy) is 2. The van der Waals surface area contributed by atoms with Crippen LogP contribution in [-0.2, 0) is 15.3 Å². The van der Waals surface area contributed by atoms with Gasteiger partial charge < -0.3 is 9.47 Å². The zero-order valence-electron chi connectivity index (χ0n) is 16.5. The highest BCUT2D eigenvalue weighted by molar-refractivity contribution is 5.35. The minimum atomic E-state index is -0.861. The molecular weight excluding hydrogens is 341 g/mol. The van der Waals surface area contributed by atoms with Gasteiger partial charge in [-0.1, -0.05) is 57.9 Å². The molecule has 0 radical (unpaired) electrons. The molecule has 1 aromatic rings. The van der Waals surface area contributed by atoms with Crippen molar-refractivity contribution in [1.82, 2.24) is 0 Å². The van der Waals surface area contributed by atoms with Crippen LogP contribution in [0.15, 0.2) is 18.2 Å². The fourth-order valence-electron chi connectivity index (χ4n) is 4.76. The Hall–Kier alpha value is -1.44. The van der Waals surface area contributed by atoms with Gasteiger partial charge in [-0.15, -0.1) is 0 Å². The van der Waals surface area contributed by atoms with Crippen LogP contribution in [0.2, 0.25) is 0 Å². The minimum absolute atomic E-state index is 0.0663. The van der Waals surface area contributed by atoms with Crippen molar-refractivity contribution in [2.45, 2.75) is 76.9 Å². The van der Waals surface area contributed by atoms with Gasteiger partial charge in [0, 0.05) is 12.0 Å². The Balaban J connectivity index is 1.75. The van der Waals surface area contributed by atoms with E-state index in [1.807, 2.05) is 6.07 Å². The van der Waals surface area contributed by atoms with Crippen LogP contribution in [0.5, 0.6) is 0 Å². The molecule has 1 heterocycles. The van der Waals surface area contributed by atoms with Gasteiger partial charge in [0.25, 0.3) is 0 Å². The van der Waals surface area contributed by atoms with Crippen molar-refractivity contribution in [2.75, 3.05) is 13.2 Å². The summed E-state index contributed by atoms with van der Waals surface area (Å²) in [5, 5.41) is 9.00. The second-order valence-corrected chi connectivity index (χ2v) is 8.10. The summed E-state index contributed by atoms with van der Waals surface area (Å²) in [6.07, 6.45) is 11.8. The molecule has 2 aliphatic rings. The number of benzene rings is 1. The maximum Gasteiger partial charge on any atom is 0.194 e. The molecule has 3 nitrogen and oxygen atoms in total. The van der Waals surface area contributed by atoms with Crippen LogP contribution in [0, 0.1) is 29.0 Å². The molecule has 4 heteroatoms. The van der Waals surface area contributed by atoms with E-state index in [0.29, 0.717) is 24.7 Å². The molecule has 0 amide bonds. The lowest BCUT2D eigenvalue weighted by Crippen LogP contribution is -2.39. The lowest BCUT2D eigenvalue weighted by molar-refractivity contribution is -0.281. The molecule has 1 aromatic carbocycles. The first kappa shape index (κ1) is 20.3. The van der Waals surface area contributed by atoms with Gasteiger partial charge in [0.1, 0.15) is 11.9 Å². The summed E-state index contributed by atoms with van der Waals surface area (Å²) in [6.45, 7) is 3.52. The normalized spacial score (nSPS) is 25.1. The molecule has 2 atom stereocenters. The third kappa shape index (κ3) is 4.89. The largest absolute Gasteiger partial charge is 0.346 e. The fourth-order valence-corrected chi connectivity index (χ4v) is 4.76. The molecule has 1 aliphatic heterocycles. The predicted octanol–water partition coefficient (Wildman–Crippen LogP) is 6.06. The van der Waals surface area contributed by atoms with Crippen molar-refractivity contribution in [3.8, 4) is 6.07 Å². The summed E-state index contributed by atoms with van der Waals surface area (Å²) in [6, 6.07) is 6.65. The number of nitrogens with zero attached hydrogens (tertiary/aromatic N) is 1. The molecule has 1 saturated heterocycles. The standard InChI is InChI=1S/C23H32FNO2/c1-2-3-7-18-8-4-5-9-19(18)12-13-23(26-14-6-15-27-23)21-11-10-20(17-25)22(24)16-21/h10-11,16,18-19H,2-9,12-15H2,1H3. The summed E-state index contributed by atoms with van der Waals surface area (Å²) >= 11 is 0. The van der Waals surface area contributed by atoms with Crippen LogP contribution < -0.4 is 0 Å². The van der Waals surface area contributed by atoms with Crippen molar-refractivity contribution >= 4 is 0 Å².